The zero-order valence-electron chi connectivity index (χ0n) is 15.5. The fourth-order valence-corrected chi connectivity index (χ4v) is 4.13. The van der Waals surface area contributed by atoms with Gasteiger partial charge in [-0.05, 0) is 42.5 Å². The van der Waals surface area contributed by atoms with Crippen molar-refractivity contribution in [3.05, 3.63) is 47.5 Å². The third-order valence-electron chi connectivity index (χ3n) is 3.78. The molecule has 0 radical (unpaired) electrons. The largest absolute Gasteiger partial charge is 0.411 e. The van der Waals surface area contributed by atoms with Gasteiger partial charge in [0, 0.05) is 23.2 Å². The number of carbonyl (C=O) groups is 2. The van der Waals surface area contributed by atoms with Crippen LogP contribution in [0.4, 0.5) is 10.8 Å². The van der Waals surface area contributed by atoms with Crippen LogP contribution >= 0.6 is 34.7 Å². The molecular weight excluding hydrogens is 446 g/mol. The van der Waals surface area contributed by atoms with Crippen molar-refractivity contribution in [2.45, 2.75) is 12.1 Å². The van der Waals surface area contributed by atoms with E-state index in [1.165, 1.54) is 18.3 Å². The Morgan fingerprint density at radius 3 is 2.70 bits per heavy atom. The number of hydrogen-bond acceptors (Lipinski definition) is 8. The predicted molar refractivity (Wildman–Crippen MR) is 118 cm³/mol. The molecule has 152 valence electrons. The fourth-order valence-electron chi connectivity index (χ4n) is 2.52. The maximum absolute atomic E-state index is 12.3. The highest BCUT2D eigenvalue weighted by atomic mass is 35.5. The molecule has 0 fully saturated rings. The highest BCUT2D eigenvalue weighted by Gasteiger charge is 2.13. The number of carbonyl (C=O) groups excluding carboxylic acids is 2. The Hall–Kier alpha value is -2.95. The lowest BCUT2D eigenvalue weighted by Gasteiger charge is -1.99. The van der Waals surface area contributed by atoms with Crippen molar-refractivity contribution in [1.29, 1.82) is 0 Å². The molecule has 0 aliphatic heterocycles. The van der Waals surface area contributed by atoms with Gasteiger partial charge in [-0.15, -0.1) is 10.2 Å². The molecule has 0 spiro atoms. The number of thioether (sulfide) groups is 1. The predicted octanol–water partition coefficient (Wildman–Crippen LogP) is 4.69. The summed E-state index contributed by atoms with van der Waals surface area (Å²) in [5.41, 5.74) is 2.16. The number of thiazole rings is 1. The smallest absolute Gasteiger partial charge is 0.277 e. The monoisotopic (exact) mass is 459 g/mol. The molecule has 0 bridgehead atoms. The maximum Gasteiger partial charge on any atom is 0.277 e. The number of amides is 2. The standard InChI is InChI=1S/C19H14ClN5O3S2/c1-10(26)21-13-6-7-14-15(8-13)30-18(22-14)23-16(27)9-29-19-25-24-17(28-19)11-2-4-12(20)5-3-11/h2-8H,9H2,1H3,(H,21,26)(H,22,23,27). The van der Waals surface area contributed by atoms with Crippen molar-refractivity contribution in [1.82, 2.24) is 15.2 Å². The van der Waals surface area contributed by atoms with E-state index in [1.807, 2.05) is 6.07 Å². The first-order valence-corrected chi connectivity index (χ1v) is 10.8. The molecule has 4 rings (SSSR count). The van der Waals surface area contributed by atoms with E-state index in [0.29, 0.717) is 27.0 Å². The lowest BCUT2D eigenvalue weighted by molar-refractivity contribution is -0.114. The van der Waals surface area contributed by atoms with Crippen molar-refractivity contribution >= 4 is 67.5 Å². The van der Waals surface area contributed by atoms with E-state index < -0.39 is 0 Å². The van der Waals surface area contributed by atoms with E-state index in [-0.39, 0.29) is 17.6 Å². The van der Waals surface area contributed by atoms with E-state index in [9.17, 15) is 9.59 Å². The summed E-state index contributed by atoms with van der Waals surface area (Å²) in [6.45, 7) is 1.45. The van der Waals surface area contributed by atoms with Gasteiger partial charge in [-0.1, -0.05) is 34.7 Å². The minimum Gasteiger partial charge on any atom is -0.411 e. The Balaban J connectivity index is 1.36. The summed E-state index contributed by atoms with van der Waals surface area (Å²) in [4.78, 5) is 27.8. The highest BCUT2D eigenvalue weighted by molar-refractivity contribution is 7.99. The van der Waals surface area contributed by atoms with Crippen LogP contribution in [0.15, 0.2) is 52.1 Å². The number of halogens is 1. The molecule has 8 nitrogen and oxygen atoms in total. The topological polar surface area (TPSA) is 110 Å². The Morgan fingerprint density at radius 2 is 1.93 bits per heavy atom. The van der Waals surface area contributed by atoms with Crippen LogP contribution in [0.25, 0.3) is 21.7 Å². The molecule has 11 heteroatoms. The molecule has 0 atom stereocenters. The number of anilines is 2. The lowest BCUT2D eigenvalue weighted by atomic mass is 10.2. The number of rotatable bonds is 6. The van der Waals surface area contributed by atoms with Crippen LogP contribution in [0.1, 0.15) is 6.92 Å². The number of fused-ring (bicyclic) bond motifs is 1. The van der Waals surface area contributed by atoms with Gasteiger partial charge >= 0.3 is 0 Å². The molecule has 2 aromatic heterocycles. The van der Waals surface area contributed by atoms with Gasteiger partial charge in [-0.25, -0.2) is 4.98 Å². The number of aromatic nitrogens is 3. The number of benzene rings is 2. The quantitative estimate of drug-likeness (QED) is 0.402. The van der Waals surface area contributed by atoms with Crippen LogP contribution in [0.3, 0.4) is 0 Å². The first kappa shape index (κ1) is 20.3. The normalized spacial score (nSPS) is 10.9. The maximum atomic E-state index is 12.3. The van der Waals surface area contributed by atoms with Crippen molar-refractivity contribution in [3.8, 4) is 11.5 Å². The average molecular weight is 460 g/mol. The zero-order chi connectivity index (χ0) is 21.1. The second-order valence-electron chi connectivity index (χ2n) is 6.10. The molecule has 0 aliphatic rings. The Kier molecular flexibility index (Phi) is 5.98. The first-order chi connectivity index (χ1) is 14.5. The average Bonchev–Trinajstić information content (AvgIpc) is 3.32. The number of hydrogen-bond donors (Lipinski definition) is 2. The van der Waals surface area contributed by atoms with E-state index in [2.05, 4.69) is 25.8 Å². The number of nitrogens with zero attached hydrogens (tertiary/aromatic N) is 3. The van der Waals surface area contributed by atoms with Crippen LogP contribution in [-0.2, 0) is 9.59 Å². The van der Waals surface area contributed by atoms with Gasteiger partial charge in [0.05, 0.1) is 16.0 Å². The summed E-state index contributed by atoms with van der Waals surface area (Å²) in [6.07, 6.45) is 0. The van der Waals surface area contributed by atoms with Gasteiger partial charge < -0.3 is 15.1 Å². The molecule has 0 saturated heterocycles. The van der Waals surface area contributed by atoms with Gasteiger partial charge in [0.1, 0.15) is 0 Å². The Labute approximate surface area is 184 Å². The van der Waals surface area contributed by atoms with E-state index in [0.717, 1.165) is 27.5 Å². The van der Waals surface area contributed by atoms with Crippen LogP contribution in [0, 0.1) is 0 Å². The summed E-state index contributed by atoms with van der Waals surface area (Å²) in [7, 11) is 0. The van der Waals surface area contributed by atoms with Gasteiger partial charge in [0.25, 0.3) is 5.22 Å². The van der Waals surface area contributed by atoms with Gasteiger partial charge in [-0.3, -0.25) is 9.59 Å². The first-order valence-electron chi connectivity index (χ1n) is 8.66. The summed E-state index contributed by atoms with van der Waals surface area (Å²) < 4.78 is 6.43. The summed E-state index contributed by atoms with van der Waals surface area (Å²) in [6, 6.07) is 12.4. The summed E-state index contributed by atoms with van der Waals surface area (Å²) in [5.74, 6) is 0.0581. The van der Waals surface area contributed by atoms with E-state index >= 15 is 0 Å². The lowest BCUT2D eigenvalue weighted by Crippen LogP contribution is -2.13. The molecule has 2 N–H and O–H groups in total. The van der Waals surface area contributed by atoms with Crippen LogP contribution in [0.2, 0.25) is 5.02 Å². The third kappa shape index (κ3) is 4.96. The van der Waals surface area contributed by atoms with Crippen molar-refractivity contribution in [3.63, 3.8) is 0 Å². The van der Waals surface area contributed by atoms with E-state index in [1.54, 1.807) is 36.4 Å². The third-order valence-corrected chi connectivity index (χ3v) is 5.78. The van der Waals surface area contributed by atoms with E-state index in [4.69, 9.17) is 16.0 Å². The molecular formula is C19H14ClN5O3S2. The molecule has 4 aromatic rings. The molecule has 2 heterocycles. The molecule has 30 heavy (non-hydrogen) atoms. The second-order valence-corrected chi connectivity index (χ2v) is 8.49. The Morgan fingerprint density at radius 1 is 1.13 bits per heavy atom. The molecule has 2 amide bonds. The minimum absolute atomic E-state index is 0.0926. The molecule has 0 saturated carbocycles. The summed E-state index contributed by atoms with van der Waals surface area (Å²) >= 11 is 8.33. The van der Waals surface area contributed by atoms with Crippen LogP contribution < -0.4 is 10.6 Å². The van der Waals surface area contributed by atoms with Gasteiger partial charge in [0.15, 0.2) is 5.13 Å². The van der Waals surface area contributed by atoms with Crippen molar-refractivity contribution in [2.75, 3.05) is 16.4 Å². The minimum atomic E-state index is -0.243. The van der Waals surface area contributed by atoms with Crippen LogP contribution in [-0.4, -0.2) is 32.7 Å². The molecule has 0 aliphatic carbocycles. The second kappa shape index (κ2) is 8.82. The highest BCUT2D eigenvalue weighted by Crippen LogP contribution is 2.29. The molecule has 2 aromatic carbocycles. The fraction of sp³-hybridized carbons (Fsp3) is 0.105. The summed E-state index contributed by atoms with van der Waals surface area (Å²) in [5, 5.41) is 14.8. The van der Waals surface area contributed by atoms with Crippen LogP contribution in [0.5, 0.6) is 0 Å². The van der Waals surface area contributed by atoms with Crippen molar-refractivity contribution in [2.24, 2.45) is 0 Å². The Bertz CT molecular complexity index is 1220. The van der Waals surface area contributed by atoms with Crippen molar-refractivity contribution < 1.29 is 14.0 Å². The SMILES string of the molecule is CC(=O)Nc1ccc2nc(NC(=O)CSc3nnc(-c4ccc(Cl)cc4)o3)sc2c1. The number of nitrogens with one attached hydrogen (secondary N) is 2. The molecule has 0 unspecified atom stereocenters. The zero-order valence-corrected chi connectivity index (χ0v) is 17.9. The van der Waals surface area contributed by atoms with Gasteiger partial charge in [0.2, 0.25) is 17.7 Å². The van der Waals surface area contributed by atoms with Gasteiger partial charge in [-0.2, -0.15) is 0 Å².